The topological polar surface area (TPSA) is 217 Å². The zero-order chi connectivity index (χ0) is 30.8. The summed E-state index contributed by atoms with van der Waals surface area (Å²) in [5, 5.41) is -1.43. The van der Waals surface area contributed by atoms with Gasteiger partial charge in [0.05, 0.1) is 23.0 Å². The van der Waals surface area contributed by atoms with E-state index in [2.05, 4.69) is 16.7 Å². The second kappa shape index (κ2) is 11.7. The number of benzene rings is 1. The van der Waals surface area contributed by atoms with Gasteiger partial charge in [-0.2, -0.15) is 55.3 Å². The minimum absolute atomic E-state index is 0.0358. The highest BCUT2D eigenvalue weighted by Crippen LogP contribution is 2.53. The largest absolute Gasteiger partial charge is 0.534 e. The van der Waals surface area contributed by atoms with Crippen LogP contribution in [-0.4, -0.2) is 70.6 Å². The van der Waals surface area contributed by atoms with Crippen LogP contribution in [0.25, 0.3) is 0 Å². The van der Waals surface area contributed by atoms with Crippen molar-refractivity contribution in [1.82, 2.24) is 0 Å². The fraction of sp³-hybridized carbons (Fsp3) is 0.625. The highest BCUT2D eigenvalue weighted by molar-refractivity contribution is 7.88. The van der Waals surface area contributed by atoms with Crippen LogP contribution in [0.4, 0.5) is 13.2 Å². The first kappa shape index (κ1) is 34.8. The molecule has 23 heteroatoms. The average molecular weight is 673 g/mol. The zero-order valence-corrected chi connectivity index (χ0v) is 24.7. The third-order valence-corrected chi connectivity index (χ3v) is 9.31. The lowest BCUT2D eigenvalue weighted by Gasteiger charge is -2.21. The monoisotopic (exact) mass is 672 g/mol. The first-order chi connectivity index (χ1) is 17.3. The predicted molar refractivity (Wildman–Crippen MR) is 127 cm³/mol. The lowest BCUT2D eigenvalue weighted by atomic mass is 10.2. The van der Waals surface area contributed by atoms with Crippen LogP contribution in [0.1, 0.15) is 34.1 Å². The molecule has 1 rings (SSSR count). The van der Waals surface area contributed by atoms with Gasteiger partial charge < -0.3 is 20.9 Å². The number of hydrogen-bond donors (Lipinski definition) is 0. The first-order valence-electron chi connectivity index (χ1n) is 10.2. The smallest absolute Gasteiger partial charge is 0.378 e. The third kappa shape index (κ3) is 9.72. The van der Waals surface area contributed by atoms with E-state index in [1.165, 1.54) is 6.92 Å². The molecule has 0 fully saturated rings. The Hall–Kier alpha value is -2.24. The second-order valence-electron chi connectivity index (χ2n) is 7.53. The summed E-state index contributed by atoms with van der Waals surface area (Å²) in [7, 11) is -26.1. The summed E-state index contributed by atoms with van der Waals surface area (Å²) in [6.45, 7) is 4.37. The lowest BCUT2D eigenvalue weighted by Crippen LogP contribution is -2.28. The van der Waals surface area contributed by atoms with Gasteiger partial charge in [0.25, 0.3) is 0 Å². The van der Waals surface area contributed by atoms with Crippen LogP contribution in [-0.2, 0) is 50.6 Å². The number of alkyl halides is 3. The molecule has 0 heterocycles. The Morgan fingerprint density at radius 2 is 1.18 bits per heavy atom. The van der Waals surface area contributed by atoms with Crippen LogP contribution in [0, 0.1) is 0 Å². The van der Waals surface area contributed by atoms with Gasteiger partial charge >= 0.3 is 56.1 Å². The molecular formula is C16H23F3O15S5. The Balaban J connectivity index is 4.42. The van der Waals surface area contributed by atoms with Crippen LogP contribution in [0.2, 0.25) is 0 Å². The predicted octanol–water partition coefficient (Wildman–Crippen LogP) is 1.22. The van der Waals surface area contributed by atoms with Gasteiger partial charge in [-0.05, 0) is 27.2 Å². The van der Waals surface area contributed by atoms with Crippen molar-refractivity contribution in [3.05, 3.63) is 6.07 Å². The third-order valence-electron chi connectivity index (χ3n) is 3.85. The Bertz CT molecular complexity index is 1610. The highest BCUT2D eigenvalue weighted by atomic mass is 32.2. The summed E-state index contributed by atoms with van der Waals surface area (Å²) >= 11 is 0. The van der Waals surface area contributed by atoms with Gasteiger partial charge in [0, 0.05) is 6.07 Å². The normalized spacial score (nSPS) is 13.7. The Kier molecular flexibility index (Phi) is 10.4. The van der Waals surface area contributed by atoms with E-state index in [0.717, 1.165) is 20.8 Å². The molecule has 39 heavy (non-hydrogen) atoms. The van der Waals surface area contributed by atoms with Crippen LogP contribution in [0.3, 0.4) is 0 Å². The quantitative estimate of drug-likeness (QED) is 0.200. The number of hydrogen-bond acceptors (Lipinski definition) is 15. The standard InChI is InChI=1S/C16H23F3O15S5/c1-6-8-37(24,25)33-14-11(30-38(26,27)10(3)4)9-12(31-39(28,29)16(17,18)19)13(32-35(5,20)21)15(14)34-36(22,23)7-2/h9-10H,6-8H2,1-5H3. The molecule has 0 spiro atoms. The molecule has 1 aromatic carbocycles. The van der Waals surface area contributed by atoms with Crippen LogP contribution in [0.5, 0.6) is 28.7 Å². The van der Waals surface area contributed by atoms with E-state index in [0.29, 0.717) is 0 Å². The molecule has 0 saturated heterocycles. The summed E-state index contributed by atoms with van der Waals surface area (Å²) < 4.78 is 183. The molecule has 0 bridgehead atoms. The van der Waals surface area contributed by atoms with Crippen molar-refractivity contribution >= 4 is 50.6 Å². The van der Waals surface area contributed by atoms with Crippen molar-refractivity contribution in [2.75, 3.05) is 17.8 Å². The summed E-state index contributed by atoms with van der Waals surface area (Å²) in [6, 6.07) is -0.0358. The van der Waals surface area contributed by atoms with E-state index in [4.69, 9.17) is 4.18 Å². The molecule has 0 aromatic heterocycles. The first-order valence-corrected chi connectivity index (χ1v) is 18.0. The number of rotatable bonds is 14. The van der Waals surface area contributed by atoms with Crippen molar-refractivity contribution in [2.24, 2.45) is 0 Å². The van der Waals surface area contributed by atoms with E-state index < -0.39 is 102 Å². The van der Waals surface area contributed by atoms with Gasteiger partial charge in [-0.25, -0.2) is 0 Å². The van der Waals surface area contributed by atoms with Crippen molar-refractivity contribution in [1.29, 1.82) is 0 Å². The van der Waals surface area contributed by atoms with E-state index >= 15 is 0 Å². The summed E-state index contributed by atoms with van der Waals surface area (Å²) in [5.74, 6) is -10.1. The molecule has 0 aliphatic rings. The van der Waals surface area contributed by atoms with E-state index in [1.54, 1.807) is 0 Å². The second-order valence-corrected chi connectivity index (χ2v) is 16.3. The van der Waals surface area contributed by atoms with Gasteiger partial charge in [0.2, 0.25) is 17.2 Å². The maximum atomic E-state index is 13.0. The molecule has 0 N–H and O–H groups in total. The molecule has 228 valence electrons. The van der Waals surface area contributed by atoms with E-state index in [9.17, 15) is 55.3 Å². The SMILES string of the molecule is CCCS(=O)(=O)Oc1c(OS(=O)(=O)C(C)C)cc(OS(=O)(=O)C(F)(F)F)c(OS(C)(=O)=O)c1OS(=O)(=O)CC. The molecule has 1 aromatic rings. The molecule has 0 atom stereocenters. The van der Waals surface area contributed by atoms with Crippen molar-refractivity contribution in [3.8, 4) is 28.7 Å². The van der Waals surface area contributed by atoms with Crippen LogP contribution in [0.15, 0.2) is 6.07 Å². The maximum Gasteiger partial charge on any atom is 0.534 e. The Labute approximate surface area is 223 Å². The summed E-state index contributed by atoms with van der Waals surface area (Å²) in [4.78, 5) is 0. The molecule has 15 nitrogen and oxygen atoms in total. The number of halogens is 3. The average Bonchev–Trinajstić information content (AvgIpc) is 2.70. The summed E-state index contributed by atoms with van der Waals surface area (Å²) in [5.41, 5.74) is -6.16. The van der Waals surface area contributed by atoms with Gasteiger partial charge in [-0.1, -0.05) is 6.92 Å². The Morgan fingerprint density at radius 1 is 0.718 bits per heavy atom. The molecule has 0 radical (unpaired) electrons. The fourth-order valence-corrected chi connectivity index (χ4v) is 5.08. The van der Waals surface area contributed by atoms with Crippen LogP contribution < -0.4 is 20.9 Å². The van der Waals surface area contributed by atoms with Crippen LogP contribution >= 0.6 is 0 Å². The molecule has 0 aliphatic heterocycles. The molecule has 0 saturated carbocycles. The van der Waals surface area contributed by atoms with E-state index in [1.807, 2.05) is 0 Å². The van der Waals surface area contributed by atoms with Gasteiger partial charge in [-0.3, -0.25) is 0 Å². The molecular weight excluding hydrogens is 649 g/mol. The van der Waals surface area contributed by atoms with E-state index in [-0.39, 0.29) is 18.7 Å². The zero-order valence-electron chi connectivity index (χ0n) is 20.6. The minimum atomic E-state index is -6.67. The van der Waals surface area contributed by atoms with Crippen molar-refractivity contribution in [3.63, 3.8) is 0 Å². The molecule has 0 aliphatic carbocycles. The molecule has 0 unspecified atom stereocenters. The highest BCUT2D eigenvalue weighted by Gasteiger charge is 2.50. The summed E-state index contributed by atoms with van der Waals surface area (Å²) in [6.07, 6.45) is 0.138. The maximum absolute atomic E-state index is 13.0. The van der Waals surface area contributed by atoms with Gasteiger partial charge in [0.15, 0.2) is 11.5 Å². The lowest BCUT2D eigenvalue weighted by molar-refractivity contribution is -0.0500. The Morgan fingerprint density at radius 3 is 1.59 bits per heavy atom. The van der Waals surface area contributed by atoms with Gasteiger partial charge in [0.1, 0.15) is 0 Å². The minimum Gasteiger partial charge on any atom is -0.378 e. The fourth-order valence-electron chi connectivity index (χ4n) is 2.08. The van der Waals surface area contributed by atoms with Gasteiger partial charge in [-0.15, -0.1) is 0 Å². The van der Waals surface area contributed by atoms with Crippen molar-refractivity contribution < 1.29 is 76.2 Å². The van der Waals surface area contributed by atoms with Crippen molar-refractivity contribution in [2.45, 2.75) is 44.9 Å². The molecule has 0 amide bonds.